The number of benzene rings is 6. The summed E-state index contributed by atoms with van der Waals surface area (Å²) in [6, 6.07) is 56.3. The topological polar surface area (TPSA) is 64.5 Å². The zero-order valence-electron chi connectivity index (χ0n) is 27.8. The van der Waals surface area contributed by atoms with Crippen LogP contribution >= 0.6 is 0 Å². The smallest absolute Gasteiger partial charge is 0.164 e. The zero-order chi connectivity index (χ0) is 33.9. The number of nitrogens with zero attached hydrogens (tertiary/aromatic N) is 5. The maximum atomic E-state index is 5.03. The Labute approximate surface area is 292 Å². The molecule has 0 atom stereocenters. The highest BCUT2D eigenvalue weighted by Gasteiger charge is 2.14. The van der Waals surface area contributed by atoms with Crippen LogP contribution in [0.5, 0.6) is 0 Å². The van der Waals surface area contributed by atoms with Gasteiger partial charge in [0.2, 0.25) is 0 Å². The van der Waals surface area contributed by atoms with Gasteiger partial charge in [0.05, 0.1) is 0 Å². The predicted octanol–water partition coefficient (Wildman–Crippen LogP) is 10.9. The molecule has 0 saturated heterocycles. The zero-order valence-corrected chi connectivity index (χ0v) is 27.8. The van der Waals surface area contributed by atoms with Gasteiger partial charge in [-0.1, -0.05) is 152 Å². The van der Waals surface area contributed by atoms with Crippen molar-refractivity contribution in [2.24, 2.45) is 0 Å². The molecule has 0 spiro atoms. The molecule has 0 saturated carbocycles. The van der Waals surface area contributed by atoms with E-state index in [0.717, 1.165) is 61.7 Å². The molecule has 8 rings (SSSR count). The largest absolute Gasteiger partial charge is 0.233 e. The molecule has 5 nitrogen and oxygen atoms in total. The molecule has 0 N–H and O–H groups in total. The average Bonchev–Trinajstić information content (AvgIpc) is 3.18. The van der Waals surface area contributed by atoms with E-state index in [2.05, 4.69) is 156 Å². The highest BCUT2D eigenvalue weighted by Crippen LogP contribution is 2.31. The fraction of sp³-hybridized carbons (Fsp3) is 0.0444. The summed E-state index contributed by atoms with van der Waals surface area (Å²) in [7, 11) is 0. The van der Waals surface area contributed by atoms with Crippen molar-refractivity contribution in [1.82, 2.24) is 24.9 Å². The number of hydrogen-bond acceptors (Lipinski definition) is 5. The van der Waals surface area contributed by atoms with E-state index in [1.165, 1.54) is 11.1 Å². The lowest BCUT2D eigenvalue weighted by molar-refractivity contribution is 1.06. The minimum Gasteiger partial charge on any atom is -0.233 e. The lowest BCUT2D eigenvalue weighted by atomic mass is 10.0. The van der Waals surface area contributed by atoms with Crippen molar-refractivity contribution < 1.29 is 0 Å². The van der Waals surface area contributed by atoms with E-state index in [0.29, 0.717) is 17.5 Å². The Balaban J connectivity index is 1.17. The molecular weight excluding hydrogens is 611 g/mol. The minimum atomic E-state index is 0.617. The van der Waals surface area contributed by atoms with Gasteiger partial charge in [0.1, 0.15) is 0 Å². The lowest BCUT2D eigenvalue weighted by Gasteiger charge is -2.11. The molecule has 0 aliphatic carbocycles. The van der Waals surface area contributed by atoms with Crippen LogP contribution in [-0.4, -0.2) is 24.9 Å². The molecule has 50 heavy (non-hydrogen) atoms. The molecule has 0 radical (unpaired) electrons. The summed E-state index contributed by atoms with van der Waals surface area (Å²) < 4.78 is 0. The van der Waals surface area contributed by atoms with Gasteiger partial charge in [-0.2, -0.15) is 0 Å². The van der Waals surface area contributed by atoms with Gasteiger partial charge in [-0.05, 0) is 59.4 Å². The molecule has 0 aliphatic rings. The molecule has 8 aromatic rings. The van der Waals surface area contributed by atoms with Crippen LogP contribution in [0.1, 0.15) is 11.4 Å². The summed E-state index contributed by atoms with van der Waals surface area (Å²) in [5, 5.41) is 0. The van der Waals surface area contributed by atoms with Gasteiger partial charge < -0.3 is 0 Å². The van der Waals surface area contributed by atoms with Crippen molar-refractivity contribution in [2.45, 2.75) is 13.8 Å². The second-order valence-corrected chi connectivity index (χ2v) is 12.3. The molecule has 6 aromatic carbocycles. The highest BCUT2D eigenvalue weighted by molar-refractivity contribution is 5.75. The first-order chi connectivity index (χ1) is 24.6. The molecule has 0 unspecified atom stereocenters. The Kier molecular flexibility index (Phi) is 8.29. The van der Waals surface area contributed by atoms with Gasteiger partial charge in [-0.15, -0.1) is 0 Å². The van der Waals surface area contributed by atoms with E-state index >= 15 is 0 Å². The van der Waals surface area contributed by atoms with Gasteiger partial charge in [-0.25, -0.2) is 24.9 Å². The summed E-state index contributed by atoms with van der Waals surface area (Å²) in [5.41, 5.74) is 12.4. The van der Waals surface area contributed by atoms with Crippen molar-refractivity contribution in [1.29, 1.82) is 0 Å². The summed E-state index contributed by atoms with van der Waals surface area (Å²) in [4.78, 5) is 24.3. The van der Waals surface area contributed by atoms with Gasteiger partial charge in [0, 0.05) is 33.6 Å². The fourth-order valence-corrected chi connectivity index (χ4v) is 6.15. The first-order valence-corrected chi connectivity index (χ1v) is 16.7. The van der Waals surface area contributed by atoms with Gasteiger partial charge >= 0.3 is 0 Å². The van der Waals surface area contributed by atoms with E-state index in [1.54, 1.807) is 0 Å². The summed E-state index contributed by atoms with van der Waals surface area (Å²) in [5.74, 6) is 2.60. The quantitative estimate of drug-likeness (QED) is 0.173. The number of aromatic nitrogens is 5. The van der Waals surface area contributed by atoms with E-state index < -0.39 is 0 Å². The van der Waals surface area contributed by atoms with Crippen LogP contribution in [0, 0.1) is 13.8 Å². The Morgan fingerprint density at radius 3 is 0.980 bits per heavy atom. The summed E-state index contributed by atoms with van der Waals surface area (Å²) in [6.07, 6.45) is 0. The average molecular weight is 644 g/mol. The van der Waals surface area contributed by atoms with Crippen LogP contribution in [0.15, 0.2) is 164 Å². The standard InChI is InChI=1S/C45H33N5/c1-30-28-31(2)47-42(46-30)37-26-20-36(21-27-37)40-14-9-15-41(29-40)45-49-43(38-22-16-34(17-23-38)32-10-5-3-6-11-32)48-44(50-45)39-24-18-35(19-25-39)33-12-7-4-8-13-33/h3-29H,1-2H3. The third kappa shape index (κ3) is 6.58. The summed E-state index contributed by atoms with van der Waals surface area (Å²) >= 11 is 0. The van der Waals surface area contributed by atoms with E-state index in [9.17, 15) is 0 Å². The van der Waals surface area contributed by atoms with E-state index in [1.807, 2.05) is 32.0 Å². The van der Waals surface area contributed by atoms with Crippen molar-refractivity contribution in [3.8, 4) is 78.9 Å². The molecular formula is C45H33N5. The third-order valence-electron chi connectivity index (χ3n) is 8.72. The number of aryl methyl sites for hydroxylation is 2. The first kappa shape index (κ1) is 30.7. The van der Waals surface area contributed by atoms with Crippen LogP contribution in [0.3, 0.4) is 0 Å². The van der Waals surface area contributed by atoms with E-state index in [4.69, 9.17) is 15.0 Å². The van der Waals surface area contributed by atoms with Crippen LogP contribution in [0.25, 0.3) is 78.9 Å². The van der Waals surface area contributed by atoms with E-state index in [-0.39, 0.29) is 0 Å². The summed E-state index contributed by atoms with van der Waals surface area (Å²) in [6.45, 7) is 3.99. The van der Waals surface area contributed by atoms with Gasteiger partial charge in [-0.3, -0.25) is 0 Å². The molecule has 238 valence electrons. The van der Waals surface area contributed by atoms with Gasteiger partial charge in [0.25, 0.3) is 0 Å². The molecule has 0 amide bonds. The second-order valence-electron chi connectivity index (χ2n) is 12.3. The van der Waals surface area contributed by atoms with Crippen LogP contribution in [-0.2, 0) is 0 Å². The van der Waals surface area contributed by atoms with Crippen molar-refractivity contribution in [3.63, 3.8) is 0 Å². The molecule has 2 heterocycles. The molecule has 2 aromatic heterocycles. The Hall–Kier alpha value is -6.59. The lowest BCUT2D eigenvalue weighted by Crippen LogP contribution is -2.00. The van der Waals surface area contributed by atoms with Gasteiger partial charge in [0.15, 0.2) is 23.3 Å². The predicted molar refractivity (Wildman–Crippen MR) is 203 cm³/mol. The van der Waals surface area contributed by atoms with Crippen LogP contribution in [0.2, 0.25) is 0 Å². The Morgan fingerprint density at radius 1 is 0.240 bits per heavy atom. The van der Waals surface area contributed by atoms with Crippen molar-refractivity contribution in [2.75, 3.05) is 0 Å². The Bertz CT molecular complexity index is 2280. The fourth-order valence-electron chi connectivity index (χ4n) is 6.15. The highest BCUT2D eigenvalue weighted by atomic mass is 15.0. The van der Waals surface area contributed by atoms with Crippen LogP contribution < -0.4 is 0 Å². The number of hydrogen-bond donors (Lipinski definition) is 0. The third-order valence-corrected chi connectivity index (χ3v) is 8.72. The van der Waals surface area contributed by atoms with Crippen molar-refractivity contribution in [3.05, 3.63) is 175 Å². The molecule has 0 aliphatic heterocycles. The first-order valence-electron chi connectivity index (χ1n) is 16.7. The molecule has 0 fully saturated rings. The van der Waals surface area contributed by atoms with Crippen LogP contribution in [0.4, 0.5) is 0 Å². The monoisotopic (exact) mass is 643 g/mol. The minimum absolute atomic E-state index is 0.617. The molecule has 0 bridgehead atoms. The second kappa shape index (κ2) is 13.5. The Morgan fingerprint density at radius 2 is 0.540 bits per heavy atom. The molecule has 5 heteroatoms. The maximum absolute atomic E-state index is 5.03. The number of rotatable bonds is 7. The van der Waals surface area contributed by atoms with Crippen molar-refractivity contribution >= 4 is 0 Å². The SMILES string of the molecule is Cc1cc(C)nc(-c2ccc(-c3cccc(-c4nc(-c5ccc(-c6ccccc6)cc5)nc(-c5ccc(-c6ccccc6)cc5)n4)c3)cc2)n1. The normalized spacial score (nSPS) is 11.0. The maximum Gasteiger partial charge on any atom is 0.164 e.